The number of hydrogen-bond donors (Lipinski definition) is 3. The van der Waals surface area contributed by atoms with Crippen molar-refractivity contribution < 1.29 is 9.50 Å². The average Bonchev–Trinajstić information content (AvgIpc) is 2.40. The molecule has 0 saturated heterocycles. The minimum absolute atomic E-state index is 0.295. The first-order valence-corrected chi connectivity index (χ1v) is 5.64. The third-order valence-electron chi connectivity index (χ3n) is 2.38. The van der Waals surface area contributed by atoms with E-state index in [1.807, 2.05) is 0 Å². The fraction of sp³-hybridized carbons (Fsp3) is 0.308. The molecule has 0 bridgehead atoms. The van der Waals surface area contributed by atoms with Crippen molar-refractivity contribution in [2.75, 3.05) is 13.6 Å². The van der Waals surface area contributed by atoms with E-state index >= 15 is 0 Å². The van der Waals surface area contributed by atoms with Gasteiger partial charge in [0.2, 0.25) is 0 Å². The largest absolute Gasteiger partial charge is 0.392 e. The fourth-order valence-corrected chi connectivity index (χ4v) is 1.43. The summed E-state index contributed by atoms with van der Waals surface area (Å²) in [5.41, 5.74) is 1.17. The molecule has 0 radical (unpaired) electrons. The molecule has 0 saturated carbocycles. The minimum Gasteiger partial charge on any atom is -0.392 e. The van der Waals surface area contributed by atoms with Crippen LogP contribution in [0.4, 0.5) is 4.39 Å². The van der Waals surface area contributed by atoms with Crippen LogP contribution in [-0.4, -0.2) is 24.7 Å². The van der Waals surface area contributed by atoms with E-state index in [1.165, 1.54) is 6.07 Å². The second kappa shape index (κ2) is 7.45. The Balaban J connectivity index is 2.59. The number of aliphatic imine (C=N–C) groups is 1. The molecule has 0 aromatic heterocycles. The summed E-state index contributed by atoms with van der Waals surface area (Å²) in [5, 5.41) is 15.1. The van der Waals surface area contributed by atoms with E-state index in [-0.39, 0.29) is 6.61 Å². The molecule has 4 nitrogen and oxygen atoms in total. The van der Waals surface area contributed by atoms with Crippen LogP contribution >= 0.6 is 0 Å². The molecule has 0 unspecified atom stereocenters. The number of benzene rings is 1. The van der Waals surface area contributed by atoms with Crippen LogP contribution in [-0.2, 0) is 13.2 Å². The van der Waals surface area contributed by atoms with Crippen molar-refractivity contribution in [3.8, 4) is 0 Å². The quantitative estimate of drug-likeness (QED) is 0.418. The summed E-state index contributed by atoms with van der Waals surface area (Å²) in [5.74, 6) is 0.250. The van der Waals surface area contributed by atoms with Crippen LogP contribution in [0.25, 0.3) is 0 Å². The Kier molecular flexibility index (Phi) is 5.87. The number of nitrogens with one attached hydrogen (secondary N) is 2. The van der Waals surface area contributed by atoms with Crippen LogP contribution in [0.15, 0.2) is 35.8 Å². The highest BCUT2D eigenvalue weighted by Gasteiger charge is 2.03. The lowest BCUT2D eigenvalue weighted by atomic mass is 10.1. The number of nitrogens with zero attached hydrogens (tertiary/aromatic N) is 1. The molecule has 18 heavy (non-hydrogen) atoms. The van der Waals surface area contributed by atoms with Gasteiger partial charge in [-0.1, -0.05) is 12.1 Å². The molecule has 1 aromatic carbocycles. The van der Waals surface area contributed by atoms with Crippen LogP contribution in [0.1, 0.15) is 11.1 Å². The maximum atomic E-state index is 13.2. The maximum absolute atomic E-state index is 13.2. The van der Waals surface area contributed by atoms with Gasteiger partial charge >= 0.3 is 0 Å². The molecule has 0 heterocycles. The first kappa shape index (κ1) is 14.2. The second-order valence-electron chi connectivity index (χ2n) is 3.68. The third kappa shape index (κ3) is 4.18. The van der Waals surface area contributed by atoms with Gasteiger partial charge in [0.1, 0.15) is 5.82 Å². The Morgan fingerprint density at radius 1 is 1.50 bits per heavy atom. The van der Waals surface area contributed by atoms with E-state index in [2.05, 4.69) is 22.2 Å². The van der Waals surface area contributed by atoms with Gasteiger partial charge in [-0.2, -0.15) is 0 Å². The molecular weight excluding hydrogens is 233 g/mol. The number of hydrogen-bond acceptors (Lipinski definition) is 2. The van der Waals surface area contributed by atoms with Gasteiger partial charge in [-0.05, 0) is 17.7 Å². The zero-order valence-corrected chi connectivity index (χ0v) is 10.4. The summed E-state index contributed by atoms with van der Waals surface area (Å²) in [6.45, 7) is 4.42. The average molecular weight is 251 g/mol. The van der Waals surface area contributed by atoms with Crippen molar-refractivity contribution in [3.05, 3.63) is 47.8 Å². The Morgan fingerprint density at radius 2 is 2.28 bits per heavy atom. The maximum Gasteiger partial charge on any atom is 0.191 e. The first-order chi connectivity index (χ1) is 8.71. The highest BCUT2D eigenvalue weighted by molar-refractivity contribution is 5.79. The van der Waals surface area contributed by atoms with Gasteiger partial charge in [-0.25, -0.2) is 4.39 Å². The molecule has 0 fully saturated rings. The Morgan fingerprint density at radius 3 is 2.89 bits per heavy atom. The number of aliphatic hydroxyl groups excluding tert-OH is 1. The number of halogens is 1. The Bertz CT molecular complexity index is 432. The van der Waals surface area contributed by atoms with Gasteiger partial charge in [0.05, 0.1) is 6.61 Å². The molecule has 0 amide bonds. The third-order valence-corrected chi connectivity index (χ3v) is 2.38. The van der Waals surface area contributed by atoms with Gasteiger partial charge in [-0.3, -0.25) is 4.99 Å². The van der Waals surface area contributed by atoms with E-state index in [0.29, 0.717) is 24.6 Å². The molecule has 1 aromatic rings. The van der Waals surface area contributed by atoms with Crippen molar-refractivity contribution in [3.63, 3.8) is 0 Å². The van der Waals surface area contributed by atoms with Crippen LogP contribution in [0, 0.1) is 5.82 Å². The predicted octanol–water partition coefficient (Wildman–Crippen LogP) is 1.17. The summed E-state index contributed by atoms with van der Waals surface area (Å²) in [4.78, 5) is 4.02. The molecule has 0 aliphatic heterocycles. The van der Waals surface area contributed by atoms with E-state index in [4.69, 9.17) is 5.11 Å². The topological polar surface area (TPSA) is 56.7 Å². The van der Waals surface area contributed by atoms with Crippen molar-refractivity contribution in [2.24, 2.45) is 4.99 Å². The molecule has 0 aliphatic carbocycles. The normalized spacial score (nSPS) is 11.2. The molecule has 0 atom stereocenters. The van der Waals surface area contributed by atoms with Crippen LogP contribution < -0.4 is 10.6 Å². The molecule has 0 aliphatic rings. The van der Waals surface area contributed by atoms with Gasteiger partial charge in [0.15, 0.2) is 5.96 Å². The summed E-state index contributed by atoms with van der Waals surface area (Å²) in [6.07, 6.45) is 1.73. The van der Waals surface area contributed by atoms with Crippen molar-refractivity contribution >= 4 is 5.96 Å². The highest BCUT2D eigenvalue weighted by Crippen LogP contribution is 2.10. The van der Waals surface area contributed by atoms with Crippen molar-refractivity contribution in [1.29, 1.82) is 0 Å². The van der Waals surface area contributed by atoms with E-state index < -0.39 is 5.82 Å². The molecule has 5 heteroatoms. The molecule has 98 valence electrons. The molecular formula is C13H18FN3O. The molecule has 0 spiro atoms. The lowest BCUT2D eigenvalue weighted by Crippen LogP contribution is -2.36. The SMILES string of the molecule is C=CCNC(=NC)NCc1ccc(F)c(CO)c1. The number of guanidine groups is 1. The lowest BCUT2D eigenvalue weighted by Gasteiger charge is -2.11. The van der Waals surface area contributed by atoms with E-state index in [1.54, 1.807) is 25.3 Å². The summed E-state index contributed by atoms with van der Waals surface area (Å²) in [7, 11) is 1.67. The smallest absolute Gasteiger partial charge is 0.191 e. The van der Waals surface area contributed by atoms with Crippen LogP contribution in [0.5, 0.6) is 0 Å². The Hall–Kier alpha value is -1.88. The fourth-order valence-electron chi connectivity index (χ4n) is 1.43. The van der Waals surface area contributed by atoms with E-state index in [0.717, 1.165) is 5.56 Å². The predicted molar refractivity (Wildman–Crippen MR) is 70.7 cm³/mol. The van der Waals surface area contributed by atoms with Crippen LogP contribution in [0.2, 0.25) is 0 Å². The monoisotopic (exact) mass is 251 g/mol. The standard InChI is InChI=1S/C13H18FN3O/c1-3-6-16-13(15-2)17-8-10-4-5-12(14)11(7-10)9-18/h3-5,7,18H,1,6,8-9H2,2H3,(H2,15,16,17). The van der Waals surface area contributed by atoms with Gasteiger partial charge < -0.3 is 15.7 Å². The van der Waals surface area contributed by atoms with Crippen molar-refractivity contribution in [1.82, 2.24) is 10.6 Å². The van der Waals surface area contributed by atoms with Gasteiger partial charge in [-0.15, -0.1) is 6.58 Å². The number of aliphatic hydroxyl groups is 1. The Labute approximate surface area is 106 Å². The first-order valence-electron chi connectivity index (χ1n) is 5.64. The second-order valence-corrected chi connectivity index (χ2v) is 3.68. The van der Waals surface area contributed by atoms with E-state index in [9.17, 15) is 4.39 Å². The molecule has 3 N–H and O–H groups in total. The van der Waals surface area contributed by atoms with Crippen LogP contribution in [0.3, 0.4) is 0 Å². The van der Waals surface area contributed by atoms with Gasteiger partial charge in [0.25, 0.3) is 0 Å². The number of rotatable bonds is 5. The van der Waals surface area contributed by atoms with Crippen molar-refractivity contribution in [2.45, 2.75) is 13.2 Å². The minimum atomic E-state index is -0.393. The molecule has 1 rings (SSSR count). The van der Waals surface area contributed by atoms with Gasteiger partial charge in [0, 0.05) is 25.7 Å². The summed E-state index contributed by atoms with van der Waals surface area (Å²) >= 11 is 0. The zero-order chi connectivity index (χ0) is 13.4. The summed E-state index contributed by atoms with van der Waals surface area (Å²) < 4.78 is 13.2. The zero-order valence-electron chi connectivity index (χ0n) is 10.4. The highest BCUT2D eigenvalue weighted by atomic mass is 19.1. The lowest BCUT2D eigenvalue weighted by molar-refractivity contribution is 0.275. The summed E-state index contributed by atoms with van der Waals surface area (Å²) in [6, 6.07) is 4.65.